The molecule has 2 N–H and O–H groups in total. The van der Waals surface area contributed by atoms with Crippen LogP contribution < -0.4 is 10.6 Å². The van der Waals surface area contributed by atoms with E-state index in [0.29, 0.717) is 11.8 Å². The molecule has 88 valence electrons. The van der Waals surface area contributed by atoms with Gasteiger partial charge in [-0.15, -0.1) is 0 Å². The van der Waals surface area contributed by atoms with Gasteiger partial charge in [0, 0.05) is 48.6 Å². The second kappa shape index (κ2) is 5.50. The van der Waals surface area contributed by atoms with Crippen molar-refractivity contribution in [2.45, 2.75) is 25.1 Å². The van der Waals surface area contributed by atoms with E-state index < -0.39 is 0 Å². The largest absolute Gasteiger partial charge is 0.339 e. The minimum Gasteiger partial charge on any atom is -0.339 e. The van der Waals surface area contributed by atoms with Gasteiger partial charge in [0.05, 0.1) is 0 Å². The predicted octanol–water partition coefficient (Wildman–Crippen LogP) is 1.27. The minimum atomic E-state index is 0.508. The quantitative estimate of drug-likeness (QED) is 0.859. The number of hydrogen-bond acceptors (Lipinski definition) is 5. The fourth-order valence-corrected chi connectivity index (χ4v) is 2.94. The molecule has 2 heterocycles. The third-order valence-electron chi connectivity index (χ3n) is 2.80. The Morgan fingerprint density at radius 2 is 2.25 bits per heavy atom. The molecule has 0 bridgehead atoms. The Labute approximate surface area is 101 Å². The van der Waals surface area contributed by atoms with Gasteiger partial charge in [-0.3, -0.25) is 0 Å². The monoisotopic (exact) mass is 238 g/mol. The molecule has 1 atom stereocenters. The highest BCUT2D eigenvalue weighted by molar-refractivity contribution is 8.00. The van der Waals surface area contributed by atoms with E-state index in [-0.39, 0.29) is 0 Å². The number of thioether (sulfide) groups is 1. The maximum Gasteiger partial charge on any atom is 0.225 e. The zero-order chi connectivity index (χ0) is 11.4. The summed E-state index contributed by atoms with van der Waals surface area (Å²) < 4.78 is 0. The van der Waals surface area contributed by atoms with Crippen molar-refractivity contribution in [2.24, 2.45) is 5.73 Å². The highest BCUT2D eigenvalue weighted by Gasteiger charge is 2.20. The van der Waals surface area contributed by atoms with E-state index in [1.165, 1.54) is 12.2 Å². The first-order valence-electron chi connectivity index (χ1n) is 5.71. The average Bonchev–Trinajstić information content (AvgIpc) is 2.39. The lowest BCUT2D eigenvalue weighted by molar-refractivity contribution is 0.708. The molecule has 1 aliphatic heterocycles. The van der Waals surface area contributed by atoms with Crippen molar-refractivity contribution in [2.75, 3.05) is 23.7 Å². The molecular weight excluding hydrogens is 220 g/mol. The third-order valence-corrected chi connectivity index (χ3v) is 4.18. The van der Waals surface area contributed by atoms with E-state index in [1.54, 1.807) is 0 Å². The van der Waals surface area contributed by atoms with Gasteiger partial charge in [0.25, 0.3) is 0 Å². The van der Waals surface area contributed by atoms with E-state index in [9.17, 15) is 0 Å². The van der Waals surface area contributed by atoms with Gasteiger partial charge < -0.3 is 10.6 Å². The van der Waals surface area contributed by atoms with Crippen molar-refractivity contribution in [3.8, 4) is 0 Å². The van der Waals surface area contributed by atoms with Crippen LogP contribution in [0.3, 0.4) is 0 Å². The zero-order valence-corrected chi connectivity index (χ0v) is 10.4. The molecule has 16 heavy (non-hydrogen) atoms. The molecule has 5 heteroatoms. The Hall–Kier alpha value is -0.810. The molecule has 0 aliphatic carbocycles. The first-order valence-corrected chi connectivity index (χ1v) is 6.76. The standard InChI is InChI=1S/C11H18N4S/c1-2-10-8-15(3-4-16-10)11-13-6-9(5-12)7-14-11/h6-7,10H,2-5,8,12H2,1H3. The molecule has 1 aromatic rings. The second-order valence-corrected chi connectivity index (χ2v) is 5.35. The van der Waals surface area contributed by atoms with Crippen LogP contribution in [0.2, 0.25) is 0 Å². The molecule has 1 aromatic heterocycles. The minimum absolute atomic E-state index is 0.508. The first-order chi connectivity index (χ1) is 7.83. The number of aromatic nitrogens is 2. The number of hydrogen-bond donors (Lipinski definition) is 1. The summed E-state index contributed by atoms with van der Waals surface area (Å²) >= 11 is 2.05. The molecule has 0 amide bonds. The smallest absolute Gasteiger partial charge is 0.225 e. The Balaban J connectivity index is 2.05. The summed E-state index contributed by atoms with van der Waals surface area (Å²) in [5.41, 5.74) is 6.51. The molecule has 2 rings (SSSR count). The van der Waals surface area contributed by atoms with Crippen molar-refractivity contribution in [3.63, 3.8) is 0 Å². The molecule has 0 radical (unpaired) electrons. The van der Waals surface area contributed by atoms with Gasteiger partial charge in [-0.1, -0.05) is 6.92 Å². The average molecular weight is 238 g/mol. The van der Waals surface area contributed by atoms with Crippen molar-refractivity contribution < 1.29 is 0 Å². The lowest BCUT2D eigenvalue weighted by Crippen LogP contribution is -2.38. The lowest BCUT2D eigenvalue weighted by Gasteiger charge is -2.31. The third kappa shape index (κ3) is 2.65. The van der Waals surface area contributed by atoms with Gasteiger partial charge in [-0.25, -0.2) is 9.97 Å². The van der Waals surface area contributed by atoms with E-state index in [4.69, 9.17) is 5.73 Å². The summed E-state index contributed by atoms with van der Waals surface area (Å²) in [6.07, 6.45) is 4.86. The Bertz CT molecular complexity index is 327. The van der Waals surface area contributed by atoms with Gasteiger partial charge >= 0.3 is 0 Å². The van der Waals surface area contributed by atoms with Crippen LogP contribution in [0.25, 0.3) is 0 Å². The van der Waals surface area contributed by atoms with Crippen LogP contribution in [-0.4, -0.2) is 34.1 Å². The van der Waals surface area contributed by atoms with Crippen LogP contribution in [0.15, 0.2) is 12.4 Å². The van der Waals surface area contributed by atoms with Crippen LogP contribution in [0.5, 0.6) is 0 Å². The van der Waals surface area contributed by atoms with Crippen LogP contribution in [-0.2, 0) is 6.54 Å². The fourth-order valence-electron chi connectivity index (χ4n) is 1.76. The zero-order valence-electron chi connectivity index (χ0n) is 9.59. The molecule has 1 aliphatic rings. The maximum absolute atomic E-state index is 5.52. The fraction of sp³-hybridized carbons (Fsp3) is 0.636. The van der Waals surface area contributed by atoms with Gasteiger partial charge in [0.1, 0.15) is 0 Å². The van der Waals surface area contributed by atoms with E-state index >= 15 is 0 Å². The molecule has 1 saturated heterocycles. The van der Waals surface area contributed by atoms with E-state index in [2.05, 4.69) is 33.6 Å². The van der Waals surface area contributed by atoms with Gasteiger partial charge in [-0.05, 0) is 6.42 Å². The normalized spacial score (nSPS) is 21.1. The van der Waals surface area contributed by atoms with Gasteiger partial charge in [0.2, 0.25) is 5.95 Å². The van der Waals surface area contributed by atoms with Crippen molar-refractivity contribution in [1.29, 1.82) is 0 Å². The summed E-state index contributed by atoms with van der Waals surface area (Å²) in [7, 11) is 0. The summed E-state index contributed by atoms with van der Waals surface area (Å²) in [4.78, 5) is 11.0. The SMILES string of the molecule is CCC1CN(c2ncc(CN)cn2)CCS1. The lowest BCUT2D eigenvalue weighted by atomic mass is 10.3. The first kappa shape index (κ1) is 11.7. The van der Waals surface area contributed by atoms with Crippen LogP contribution in [0.1, 0.15) is 18.9 Å². The van der Waals surface area contributed by atoms with Crippen LogP contribution in [0, 0.1) is 0 Å². The highest BCUT2D eigenvalue weighted by Crippen LogP contribution is 2.23. The van der Waals surface area contributed by atoms with Crippen molar-refractivity contribution in [1.82, 2.24) is 9.97 Å². The number of anilines is 1. The summed E-state index contributed by atoms with van der Waals surface area (Å²) in [6, 6.07) is 0. The topological polar surface area (TPSA) is 55.0 Å². The van der Waals surface area contributed by atoms with Crippen LogP contribution >= 0.6 is 11.8 Å². The van der Waals surface area contributed by atoms with E-state index in [0.717, 1.165) is 24.6 Å². The highest BCUT2D eigenvalue weighted by atomic mass is 32.2. The van der Waals surface area contributed by atoms with E-state index in [1.807, 2.05) is 12.4 Å². The Morgan fingerprint density at radius 1 is 1.50 bits per heavy atom. The molecular formula is C11H18N4S. The second-order valence-electron chi connectivity index (χ2n) is 3.94. The molecule has 1 unspecified atom stereocenters. The predicted molar refractivity (Wildman–Crippen MR) is 68.7 cm³/mol. The Kier molecular flexibility index (Phi) is 4.01. The molecule has 1 fully saturated rings. The summed E-state index contributed by atoms with van der Waals surface area (Å²) in [5.74, 6) is 2.01. The van der Waals surface area contributed by atoms with Gasteiger partial charge in [0.15, 0.2) is 0 Å². The van der Waals surface area contributed by atoms with Crippen molar-refractivity contribution >= 4 is 17.7 Å². The molecule has 4 nitrogen and oxygen atoms in total. The Morgan fingerprint density at radius 3 is 2.88 bits per heavy atom. The summed E-state index contributed by atoms with van der Waals surface area (Å²) in [6.45, 7) is 4.85. The van der Waals surface area contributed by atoms with Gasteiger partial charge in [-0.2, -0.15) is 11.8 Å². The number of rotatable bonds is 3. The number of nitrogens with two attached hydrogens (primary N) is 1. The maximum atomic E-state index is 5.52. The molecule has 0 spiro atoms. The summed E-state index contributed by atoms with van der Waals surface area (Å²) in [5, 5.41) is 0.714. The van der Waals surface area contributed by atoms with Crippen LogP contribution in [0.4, 0.5) is 5.95 Å². The molecule has 0 saturated carbocycles. The molecule has 0 aromatic carbocycles. The van der Waals surface area contributed by atoms with Crippen molar-refractivity contribution in [3.05, 3.63) is 18.0 Å². The number of nitrogens with zero attached hydrogens (tertiary/aromatic N) is 3.